The van der Waals surface area contributed by atoms with Gasteiger partial charge in [-0.3, -0.25) is 0 Å². The predicted octanol–water partition coefficient (Wildman–Crippen LogP) is 4.20. The van der Waals surface area contributed by atoms with Gasteiger partial charge in [0.1, 0.15) is 0 Å². The molecule has 0 aromatic heterocycles. The Hall–Kier alpha value is -1.08. The van der Waals surface area contributed by atoms with Gasteiger partial charge in [-0.2, -0.15) is 0 Å². The minimum atomic E-state index is 0.750. The third-order valence-electron chi connectivity index (χ3n) is 2.89. The van der Waals surface area contributed by atoms with Gasteiger partial charge in [0.25, 0.3) is 0 Å². The first-order valence-electron chi connectivity index (χ1n) is 7.18. The second kappa shape index (κ2) is 9.90. The molecule has 100 valence electrons. The zero-order valence-corrected chi connectivity index (χ0v) is 11.9. The molecule has 0 heterocycles. The van der Waals surface area contributed by atoms with Crippen molar-refractivity contribution in [1.82, 2.24) is 5.32 Å². The Morgan fingerprint density at radius 1 is 1.06 bits per heavy atom. The van der Waals surface area contributed by atoms with E-state index in [4.69, 9.17) is 0 Å². The Balaban J connectivity index is 1.94. The van der Waals surface area contributed by atoms with E-state index in [0.717, 1.165) is 25.4 Å². The molecule has 1 heteroatoms. The van der Waals surface area contributed by atoms with Crippen LogP contribution in [-0.2, 0) is 6.42 Å². The van der Waals surface area contributed by atoms with E-state index < -0.39 is 0 Å². The lowest BCUT2D eigenvalue weighted by Gasteiger charge is -2.04. The Kier molecular flexibility index (Phi) is 8.24. The van der Waals surface area contributed by atoms with Gasteiger partial charge in [0.2, 0.25) is 0 Å². The number of benzene rings is 1. The maximum absolute atomic E-state index is 3.45. The fraction of sp³-hybridized carbons (Fsp3) is 0.529. The average Bonchev–Trinajstić information content (AvgIpc) is 2.37. The highest BCUT2D eigenvalue weighted by Crippen LogP contribution is 2.04. The lowest BCUT2D eigenvalue weighted by atomic mass is 10.1. The predicted molar refractivity (Wildman–Crippen MR) is 80.8 cm³/mol. The van der Waals surface area contributed by atoms with Gasteiger partial charge in [-0.25, -0.2) is 0 Å². The Morgan fingerprint density at radius 2 is 1.78 bits per heavy atom. The fourth-order valence-electron chi connectivity index (χ4n) is 1.88. The first-order valence-corrected chi connectivity index (χ1v) is 7.18. The van der Waals surface area contributed by atoms with Gasteiger partial charge in [0.15, 0.2) is 0 Å². The SMILES string of the molecule is CC(C)CNCCC=CCCCc1ccccc1. The van der Waals surface area contributed by atoms with E-state index in [1.54, 1.807) is 0 Å². The van der Waals surface area contributed by atoms with E-state index in [9.17, 15) is 0 Å². The fourth-order valence-corrected chi connectivity index (χ4v) is 1.88. The van der Waals surface area contributed by atoms with Crippen molar-refractivity contribution in [2.45, 2.75) is 39.5 Å². The number of hydrogen-bond donors (Lipinski definition) is 1. The van der Waals surface area contributed by atoms with Crippen molar-refractivity contribution in [3.63, 3.8) is 0 Å². The third-order valence-corrected chi connectivity index (χ3v) is 2.89. The van der Waals surface area contributed by atoms with Gasteiger partial charge in [-0.1, -0.05) is 56.3 Å². The molecule has 1 rings (SSSR count). The minimum Gasteiger partial charge on any atom is -0.316 e. The van der Waals surface area contributed by atoms with Crippen molar-refractivity contribution < 1.29 is 0 Å². The number of rotatable bonds is 9. The summed E-state index contributed by atoms with van der Waals surface area (Å²) in [6.07, 6.45) is 9.41. The standard InChI is InChI=1S/C17H27N/c1-16(2)15-18-14-10-5-3-4-7-11-17-12-8-6-9-13-17/h3,5-6,8-9,12-13,16,18H,4,7,10-11,14-15H2,1-2H3. The van der Waals surface area contributed by atoms with E-state index in [-0.39, 0.29) is 0 Å². The van der Waals surface area contributed by atoms with Gasteiger partial charge in [-0.05, 0) is 50.3 Å². The van der Waals surface area contributed by atoms with E-state index in [1.807, 2.05) is 0 Å². The molecular weight excluding hydrogens is 218 g/mol. The van der Waals surface area contributed by atoms with E-state index in [2.05, 4.69) is 61.6 Å². The van der Waals surface area contributed by atoms with Crippen molar-refractivity contribution in [1.29, 1.82) is 0 Å². The monoisotopic (exact) mass is 245 g/mol. The lowest BCUT2D eigenvalue weighted by Crippen LogP contribution is -2.20. The van der Waals surface area contributed by atoms with Crippen molar-refractivity contribution in [2.75, 3.05) is 13.1 Å². The van der Waals surface area contributed by atoms with Gasteiger partial charge >= 0.3 is 0 Å². The van der Waals surface area contributed by atoms with Gasteiger partial charge < -0.3 is 5.32 Å². The summed E-state index contributed by atoms with van der Waals surface area (Å²) in [4.78, 5) is 0. The van der Waals surface area contributed by atoms with E-state index in [1.165, 1.54) is 24.8 Å². The largest absolute Gasteiger partial charge is 0.316 e. The van der Waals surface area contributed by atoms with Crippen molar-refractivity contribution in [2.24, 2.45) is 5.92 Å². The van der Waals surface area contributed by atoms with Crippen LogP contribution in [0.1, 0.15) is 38.7 Å². The van der Waals surface area contributed by atoms with Crippen LogP contribution in [0.25, 0.3) is 0 Å². The highest BCUT2D eigenvalue weighted by atomic mass is 14.8. The van der Waals surface area contributed by atoms with Crippen molar-refractivity contribution >= 4 is 0 Å². The lowest BCUT2D eigenvalue weighted by molar-refractivity contribution is 0.556. The molecule has 0 unspecified atom stereocenters. The number of hydrogen-bond acceptors (Lipinski definition) is 1. The molecule has 1 nitrogen and oxygen atoms in total. The second-order valence-electron chi connectivity index (χ2n) is 5.24. The van der Waals surface area contributed by atoms with E-state index in [0.29, 0.717) is 0 Å². The zero-order valence-electron chi connectivity index (χ0n) is 11.9. The number of allylic oxidation sites excluding steroid dienone is 1. The smallest absolute Gasteiger partial charge is 0.00142 e. The summed E-state index contributed by atoms with van der Waals surface area (Å²) in [5.74, 6) is 0.750. The Labute approximate surface area is 112 Å². The quantitative estimate of drug-likeness (QED) is 0.508. The highest BCUT2D eigenvalue weighted by Gasteiger charge is 1.91. The average molecular weight is 245 g/mol. The van der Waals surface area contributed by atoms with Crippen LogP contribution in [0, 0.1) is 5.92 Å². The summed E-state index contributed by atoms with van der Waals surface area (Å²) < 4.78 is 0. The molecule has 0 spiro atoms. The molecule has 1 aromatic carbocycles. The van der Waals surface area contributed by atoms with Crippen LogP contribution in [-0.4, -0.2) is 13.1 Å². The topological polar surface area (TPSA) is 12.0 Å². The first-order chi connectivity index (χ1) is 8.79. The molecule has 0 saturated heterocycles. The van der Waals surface area contributed by atoms with Crippen LogP contribution in [0.15, 0.2) is 42.5 Å². The molecule has 0 radical (unpaired) electrons. The molecule has 0 bridgehead atoms. The maximum Gasteiger partial charge on any atom is -0.00142 e. The number of aryl methyl sites for hydroxylation is 1. The second-order valence-corrected chi connectivity index (χ2v) is 5.24. The summed E-state index contributed by atoms with van der Waals surface area (Å²) in [6, 6.07) is 10.7. The Bertz CT molecular complexity index is 314. The molecule has 0 aliphatic heterocycles. The summed E-state index contributed by atoms with van der Waals surface area (Å²) >= 11 is 0. The number of unbranched alkanes of at least 4 members (excludes halogenated alkanes) is 1. The molecule has 0 aliphatic carbocycles. The van der Waals surface area contributed by atoms with Crippen LogP contribution < -0.4 is 5.32 Å². The third kappa shape index (κ3) is 8.08. The van der Waals surface area contributed by atoms with Crippen LogP contribution in [0.2, 0.25) is 0 Å². The normalized spacial score (nSPS) is 11.5. The van der Waals surface area contributed by atoms with Crippen molar-refractivity contribution in [3.05, 3.63) is 48.0 Å². The summed E-state index contributed by atoms with van der Waals surface area (Å²) in [6.45, 7) is 6.72. The summed E-state index contributed by atoms with van der Waals surface area (Å²) in [5, 5.41) is 3.45. The number of nitrogens with one attached hydrogen (secondary N) is 1. The molecule has 1 N–H and O–H groups in total. The highest BCUT2D eigenvalue weighted by molar-refractivity contribution is 5.14. The molecule has 1 aromatic rings. The van der Waals surface area contributed by atoms with Crippen LogP contribution >= 0.6 is 0 Å². The van der Waals surface area contributed by atoms with Crippen molar-refractivity contribution in [3.8, 4) is 0 Å². The molecule has 0 atom stereocenters. The van der Waals surface area contributed by atoms with Gasteiger partial charge in [-0.15, -0.1) is 0 Å². The molecule has 0 fully saturated rings. The molecule has 0 aliphatic rings. The summed E-state index contributed by atoms with van der Waals surface area (Å²) in [5.41, 5.74) is 1.45. The van der Waals surface area contributed by atoms with Crippen LogP contribution in [0.4, 0.5) is 0 Å². The van der Waals surface area contributed by atoms with Gasteiger partial charge in [0.05, 0.1) is 0 Å². The van der Waals surface area contributed by atoms with Gasteiger partial charge in [0, 0.05) is 0 Å². The molecular formula is C17H27N. The van der Waals surface area contributed by atoms with E-state index >= 15 is 0 Å². The maximum atomic E-state index is 3.45. The minimum absolute atomic E-state index is 0.750. The molecule has 0 saturated carbocycles. The van der Waals surface area contributed by atoms with Crippen LogP contribution in [0.3, 0.4) is 0 Å². The molecule has 18 heavy (non-hydrogen) atoms. The first kappa shape index (κ1) is 15.0. The summed E-state index contributed by atoms with van der Waals surface area (Å²) in [7, 11) is 0. The zero-order chi connectivity index (χ0) is 13.1. The van der Waals surface area contributed by atoms with Crippen LogP contribution in [0.5, 0.6) is 0 Å². The Morgan fingerprint density at radius 3 is 2.50 bits per heavy atom. The molecule has 0 amide bonds.